The molecule has 1 aromatic heterocycles. The molecule has 198 valence electrons. The van der Waals surface area contributed by atoms with Gasteiger partial charge in [0.25, 0.3) is 5.91 Å². The number of amides is 1. The van der Waals surface area contributed by atoms with Gasteiger partial charge in [0.05, 0.1) is 5.56 Å². The summed E-state index contributed by atoms with van der Waals surface area (Å²) in [5.74, 6) is -2.16. The number of nitrogens with one attached hydrogen (secondary N) is 2. The summed E-state index contributed by atoms with van der Waals surface area (Å²) in [4.78, 5) is 55.4. The average molecular weight is 524 g/mol. The average Bonchev–Trinajstić information content (AvgIpc) is 3.08. The maximum Gasteiger partial charge on any atom is 0.346 e. The number of alkyl halides is 1. The van der Waals surface area contributed by atoms with Gasteiger partial charge in [-0.2, -0.15) is 0 Å². The number of ether oxygens (including phenoxy) is 3. The Balaban J connectivity index is 1.67. The van der Waals surface area contributed by atoms with E-state index in [9.17, 15) is 19.2 Å². The molecule has 1 aliphatic heterocycles. The number of anilines is 1. The molecule has 2 N–H and O–H groups in total. The molecule has 0 saturated carbocycles. The molecule has 0 spiro atoms. The lowest BCUT2D eigenvalue weighted by molar-refractivity contribution is -0.175. The van der Waals surface area contributed by atoms with Crippen LogP contribution in [0.25, 0.3) is 0 Å². The van der Waals surface area contributed by atoms with E-state index in [1.165, 1.54) is 6.92 Å². The van der Waals surface area contributed by atoms with E-state index >= 15 is 4.39 Å². The van der Waals surface area contributed by atoms with Gasteiger partial charge in [0.2, 0.25) is 0 Å². The molecule has 3 aromatic rings. The topological polar surface area (TPSA) is 137 Å². The lowest BCUT2D eigenvalue weighted by atomic mass is 9.80. The van der Waals surface area contributed by atoms with E-state index in [1.54, 1.807) is 60.7 Å². The zero-order valence-electron chi connectivity index (χ0n) is 20.9. The highest BCUT2D eigenvalue weighted by Crippen LogP contribution is 2.53. The Bertz CT molecular complexity index is 1390. The molecule has 1 saturated heterocycles. The summed E-state index contributed by atoms with van der Waals surface area (Å²) in [6.45, 7) is 3.16. The summed E-state index contributed by atoms with van der Waals surface area (Å²) < 4.78 is 33.4. The number of hydrogen-bond donors (Lipinski definition) is 2. The third kappa shape index (κ3) is 5.18. The van der Waals surface area contributed by atoms with Crippen molar-refractivity contribution >= 4 is 23.7 Å². The normalized spacial score (nSPS) is 24.4. The lowest BCUT2D eigenvalue weighted by Crippen LogP contribution is -2.54. The van der Waals surface area contributed by atoms with Crippen LogP contribution in [0.1, 0.15) is 53.2 Å². The van der Waals surface area contributed by atoms with Crippen molar-refractivity contribution in [3.05, 3.63) is 94.0 Å². The SMILES string of the molecule is CC(=O)O[C@]1(C)[C@@H](COC(=O)c2ccccc2)O[C@H](c2cnc(=O)[nH]c2NC(=O)c2ccccc2)[C@@]1(C)F. The highest BCUT2D eigenvalue weighted by atomic mass is 19.1. The fourth-order valence-electron chi connectivity index (χ4n) is 4.32. The van der Waals surface area contributed by atoms with Gasteiger partial charge in [0.15, 0.2) is 11.3 Å². The predicted molar refractivity (Wildman–Crippen MR) is 133 cm³/mol. The van der Waals surface area contributed by atoms with E-state index < -0.39 is 53.6 Å². The molecule has 38 heavy (non-hydrogen) atoms. The van der Waals surface area contributed by atoms with Crippen LogP contribution in [-0.2, 0) is 19.0 Å². The number of carbonyl (C=O) groups is 3. The van der Waals surface area contributed by atoms with Gasteiger partial charge in [-0.3, -0.25) is 14.6 Å². The molecule has 0 radical (unpaired) electrons. The van der Waals surface area contributed by atoms with E-state index in [-0.39, 0.29) is 16.9 Å². The summed E-state index contributed by atoms with van der Waals surface area (Å²) in [7, 11) is 0. The van der Waals surface area contributed by atoms with Crippen LogP contribution < -0.4 is 11.0 Å². The van der Waals surface area contributed by atoms with Gasteiger partial charge in [0, 0.05) is 24.2 Å². The van der Waals surface area contributed by atoms with Crippen molar-refractivity contribution in [2.75, 3.05) is 11.9 Å². The quantitative estimate of drug-likeness (QED) is 0.450. The lowest BCUT2D eigenvalue weighted by Gasteiger charge is -2.37. The number of esters is 2. The number of hydrogen-bond acceptors (Lipinski definition) is 8. The summed E-state index contributed by atoms with van der Waals surface area (Å²) in [5.41, 5.74) is -4.57. The van der Waals surface area contributed by atoms with E-state index in [1.807, 2.05) is 0 Å². The Morgan fingerprint density at radius 3 is 2.26 bits per heavy atom. The van der Waals surface area contributed by atoms with E-state index in [0.29, 0.717) is 5.56 Å². The Morgan fingerprint density at radius 1 is 1.05 bits per heavy atom. The molecule has 0 aliphatic carbocycles. The first-order chi connectivity index (χ1) is 18.0. The number of halogens is 1. The highest BCUT2D eigenvalue weighted by Gasteiger charge is 2.66. The number of aromatic amines is 1. The molecule has 4 rings (SSSR count). The van der Waals surface area contributed by atoms with Crippen molar-refractivity contribution in [2.45, 2.75) is 44.2 Å². The van der Waals surface area contributed by atoms with Crippen LogP contribution in [0.4, 0.5) is 10.2 Å². The first-order valence-corrected chi connectivity index (χ1v) is 11.7. The monoisotopic (exact) mass is 523 g/mol. The van der Waals surface area contributed by atoms with Gasteiger partial charge in [-0.05, 0) is 38.1 Å². The summed E-state index contributed by atoms with van der Waals surface area (Å²) >= 11 is 0. The molecule has 0 bridgehead atoms. The van der Waals surface area contributed by atoms with Crippen molar-refractivity contribution in [3.63, 3.8) is 0 Å². The van der Waals surface area contributed by atoms with Crippen molar-refractivity contribution in [1.82, 2.24) is 9.97 Å². The van der Waals surface area contributed by atoms with Gasteiger partial charge in [-0.25, -0.2) is 19.0 Å². The van der Waals surface area contributed by atoms with Crippen LogP contribution in [0.3, 0.4) is 0 Å². The van der Waals surface area contributed by atoms with Gasteiger partial charge < -0.3 is 19.5 Å². The maximum absolute atomic E-state index is 16.6. The molecular weight excluding hydrogens is 497 g/mol. The van der Waals surface area contributed by atoms with Crippen molar-refractivity contribution < 1.29 is 33.0 Å². The second kappa shape index (κ2) is 10.5. The summed E-state index contributed by atoms with van der Waals surface area (Å²) in [6.07, 6.45) is -1.65. The minimum absolute atomic E-state index is 0.00542. The van der Waals surface area contributed by atoms with Gasteiger partial charge in [-0.15, -0.1) is 0 Å². The minimum Gasteiger partial charge on any atom is -0.459 e. The Morgan fingerprint density at radius 2 is 1.66 bits per heavy atom. The third-order valence-electron chi connectivity index (χ3n) is 6.51. The van der Waals surface area contributed by atoms with Crippen molar-refractivity contribution in [1.29, 1.82) is 0 Å². The first kappa shape index (κ1) is 26.7. The molecular formula is C27H26FN3O7. The van der Waals surface area contributed by atoms with Gasteiger partial charge >= 0.3 is 17.6 Å². The summed E-state index contributed by atoms with van der Waals surface area (Å²) in [6, 6.07) is 16.4. The molecule has 2 aromatic carbocycles. The Kier molecular flexibility index (Phi) is 7.40. The van der Waals surface area contributed by atoms with Crippen molar-refractivity contribution in [3.8, 4) is 0 Å². The van der Waals surface area contributed by atoms with E-state index in [0.717, 1.165) is 20.0 Å². The smallest absolute Gasteiger partial charge is 0.346 e. The maximum atomic E-state index is 16.6. The van der Waals surface area contributed by atoms with E-state index in [2.05, 4.69) is 15.3 Å². The number of benzene rings is 2. The number of aromatic nitrogens is 2. The van der Waals surface area contributed by atoms with Gasteiger partial charge in [-0.1, -0.05) is 36.4 Å². The van der Waals surface area contributed by atoms with Crippen LogP contribution >= 0.6 is 0 Å². The molecule has 0 unspecified atom stereocenters. The third-order valence-corrected chi connectivity index (χ3v) is 6.51. The number of H-pyrrole nitrogens is 1. The molecule has 10 nitrogen and oxygen atoms in total. The molecule has 1 aliphatic rings. The van der Waals surface area contributed by atoms with Crippen LogP contribution in [0.5, 0.6) is 0 Å². The number of nitrogens with zero attached hydrogens (tertiary/aromatic N) is 1. The minimum atomic E-state index is -2.42. The second-order valence-corrected chi connectivity index (χ2v) is 9.08. The fraction of sp³-hybridized carbons (Fsp3) is 0.296. The number of rotatable bonds is 7. The zero-order valence-corrected chi connectivity index (χ0v) is 20.9. The Labute approximate surface area is 217 Å². The molecule has 2 heterocycles. The van der Waals surface area contributed by atoms with Gasteiger partial charge in [0.1, 0.15) is 24.6 Å². The predicted octanol–water partition coefficient (Wildman–Crippen LogP) is 3.37. The first-order valence-electron chi connectivity index (χ1n) is 11.7. The van der Waals surface area contributed by atoms with Crippen LogP contribution in [0.2, 0.25) is 0 Å². The molecule has 1 fully saturated rings. The highest BCUT2D eigenvalue weighted by molar-refractivity contribution is 6.04. The largest absolute Gasteiger partial charge is 0.459 e. The fourth-order valence-corrected chi connectivity index (χ4v) is 4.32. The molecule has 4 atom stereocenters. The zero-order chi connectivity index (χ0) is 27.5. The standard InChI is InChI=1S/C27H26FN3O7/c1-16(32)38-27(3)20(15-36-24(34)18-12-8-5-9-13-18)37-21(26(27,2)28)19-14-29-25(35)31-22(19)30-23(33)17-10-6-4-7-11-17/h4-14,20-21H,15H2,1-3H3,(H2,29,30,31,33,35)/t20-,21-,26-,27-/m1/s1. The number of carbonyl (C=O) groups excluding carboxylic acids is 3. The second-order valence-electron chi connectivity index (χ2n) is 9.08. The van der Waals surface area contributed by atoms with E-state index in [4.69, 9.17) is 14.2 Å². The molecule has 11 heteroatoms. The van der Waals surface area contributed by atoms with Crippen LogP contribution in [0.15, 0.2) is 71.7 Å². The van der Waals surface area contributed by atoms with Crippen LogP contribution in [-0.4, -0.2) is 51.8 Å². The van der Waals surface area contributed by atoms with Crippen molar-refractivity contribution in [2.24, 2.45) is 0 Å². The Hall–Kier alpha value is -4.38. The summed E-state index contributed by atoms with van der Waals surface area (Å²) in [5, 5.41) is 2.56. The van der Waals surface area contributed by atoms with Crippen LogP contribution in [0, 0.1) is 0 Å². The molecule has 1 amide bonds.